The van der Waals surface area contributed by atoms with Gasteiger partial charge in [-0.2, -0.15) is 0 Å². The Balaban J connectivity index is 0.839. The highest BCUT2D eigenvalue weighted by Crippen LogP contribution is 2.41. The van der Waals surface area contributed by atoms with E-state index in [2.05, 4.69) is 31.9 Å². The second kappa shape index (κ2) is 44.5. The first-order valence-corrected chi connectivity index (χ1v) is 34.6. The number of pyridine rings is 2. The van der Waals surface area contributed by atoms with Crippen LogP contribution < -0.4 is 42.2 Å². The Hall–Kier alpha value is -7.96. The first kappa shape index (κ1) is 83.0. The largest absolute Gasteiger partial charge is 0.489 e. The Morgan fingerprint density at radius 1 is 0.637 bits per heavy atom. The van der Waals surface area contributed by atoms with Crippen LogP contribution in [-0.2, 0) is 120 Å². The van der Waals surface area contributed by atoms with Crippen molar-refractivity contribution in [3.05, 3.63) is 68.8 Å². The number of hydrogen-bond donors (Lipinski definition) is 7. The number of benzene rings is 1. The monoisotopic (exact) mass is 1440 g/mol. The summed E-state index contributed by atoms with van der Waals surface area (Å²) in [5, 5.41) is 27.6. The van der Waals surface area contributed by atoms with Crippen LogP contribution in [0, 0.1) is 11.7 Å². The van der Waals surface area contributed by atoms with E-state index < -0.39 is 94.9 Å². The number of aliphatic hydroxyl groups is 1. The number of imide groups is 1. The van der Waals surface area contributed by atoms with E-state index in [1.54, 1.807) is 33.9 Å². The average molecular weight is 1440 g/mol. The number of aromatic nitrogens is 2. The van der Waals surface area contributed by atoms with Crippen LogP contribution in [-0.4, -0.2) is 256 Å². The Kier molecular flexibility index (Phi) is 36.2. The number of nitrogens with zero attached hydrogens (tertiary/aromatic N) is 3. The number of unbranched alkanes of at least 4 members (excludes halogenated alkanes) is 1. The summed E-state index contributed by atoms with van der Waals surface area (Å²) in [6, 6.07) is 0.733. The minimum absolute atomic E-state index is 0.0242. The average Bonchev–Trinajstić information content (AvgIpc) is 1.54. The fraction of sp³-hybridized carbons (Fsp3) is 0.638. The number of ether oxygens (including phenoxy) is 12. The molecule has 3 aliphatic rings. The summed E-state index contributed by atoms with van der Waals surface area (Å²) in [7, 11) is 1.62. The van der Waals surface area contributed by atoms with E-state index in [4.69, 9.17) is 61.8 Å². The van der Waals surface area contributed by atoms with Crippen molar-refractivity contribution in [1.82, 2.24) is 46.4 Å². The van der Waals surface area contributed by atoms with E-state index in [1.165, 1.54) is 23.6 Å². The number of rotatable bonds is 53. The van der Waals surface area contributed by atoms with E-state index in [-0.39, 0.29) is 113 Å². The molecule has 8 amide bonds. The van der Waals surface area contributed by atoms with Crippen molar-refractivity contribution in [3.8, 4) is 17.1 Å². The predicted octanol–water partition coefficient (Wildman–Crippen LogP) is 0.310. The Morgan fingerprint density at radius 3 is 1.76 bits per heavy atom. The molecule has 1 aromatic carbocycles. The Bertz CT molecular complexity index is 3350. The van der Waals surface area contributed by atoms with E-state index >= 15 is 4.39 Å². The predicted molar refractivity (Wildman–Crippen MR) is 363 cm³/mol. The second-order valence-corrected chi connectivity index (χ2v) is 24.2. The molecule has 7 N–H and O–H groups in total. The zero-order valence-corrected chi connectivity index (χ0v) is 59.2. The zero-order chi connectivity index (χ0) is 73.8. The lowest BCUT2D eigenvalue weighted by Gasteiger charge is -2.31. The van der Waals surface area contributed by atoms with Gasteiger partial charge < -0.3 is 98.4 Å². The van der Waals surface area contributed by atoms with Crippen molar-refractivity contribution in [2.45, 2.75) is 116 Å². The van der Waals surface area contributed by atoms with Crippen molar-refractivity contribution in [2.24, 2.45) is 5.92 Å². The van der Waals surface area contributed by atoms with Gasteiger partial charge in [0.2, 0.25) is 35.4 Å². The lowest BCUT2D eigenvalue weighted by molar-refractivity contribution is -0.172. The van der Waals surface area contributed by atoms with Gasteiger partial charge >= 0.3 is 5.97 Å². The van der Waals surface area contributed by atoms with Crippen LogP contribution in [0.15, 0.2) is 35.1 Å². The summed E-state index contributed by atoms with van der Waals surface area (Å²) in [6.07, 6.45) is 3.47. The first-order valence-electron chi connectivity index (χ1n) is 34.6. The van der Waals surface area contributed by atoms with Crippen LogP contribution >= 0.6 is 0 Å². The number of hydrogen-bond acceptors (Lipinski definition) is 24. The van der Waals surface area contributed by atoms with Gasteiger partial charge in [0.1, 0.15) is 37.9 Å². The van der Waals surface area contributed by atoms with Crippen molar-refractivity contribution in [1.29, 1.82) is 0 Å². The van der Waals surface area contributed by atoms with Gasteiger partial charge in [-0.15, -0.1) is 0 Å². The molecule has 0 bridgehead atoms. The number of cyclic esters (lactones) is 1. The lowest BCUT2D eigenvalue weighted by atomic mass is 9.86. The van der Waals surface area contributed by atoms with Gasteiger partial charge in [-0.05, 0) is 69.1 Å². The van der Waals surface area contributed by atoms with Crippen molar-refractivity contribution < 1.29 is 109 Å². The van der Waals surface area contributed by atoms with Gasteiger partial charge in [0.25, 0.3) is 17.4 Å². The highest BCUT2D eigenvalue weighted by atomic mass is 19.1. The van der Waals surface area contributed by atoms with Crippen LogP contribution in [0.4, 0.5) is 4.39 Å². The Morgan fingerprint density at radius 2 is 1.21 bits per heavy atom. The molecule has 566 valence electrons. The number of esters is 1. The Labute approximate surface area is 591 Å². The molecular formula is C69H100FN9O23. The van der Waals surface area contributed by atoms with Gasteiger partial charge in [0, 0.05) is 61.4 Å². The summed E-state index contributed by atoms with van der Waals surface area (Å²) in [5.74, 6) is -7.01. The van der Waals surface area contributed by atoms with Crippen molar-refractivity contribution in [2.75, 3.05) is 165 Å². The molecule has 0 saturated heterocycles. The molecule has 5 heterocycles. The number of carbonyl (C=O) groups is 9. The van der Waals surface area contributed by atoms with Gasteiger partial charge in [0.05, 0.1) is 161 Å². The highest BCUT2D eigenvalue weighted by molar-refractivity contribution is 6.13. The van der Waals surface area contributed by atoms with E-state index in [1.807, 2.05) is 6.92 Å². The molecule has 3 aromatic rings. The second-order valence-electron chi connectivity index (χ2n) is 24.2. The minimum atomic E-state index is -2.01. The maximum atomic E-state index is 15.7. The number of methoxy groups -OCH3 is 1. The van der Waals surface area contributed by atoms with E-state index in [0.717, 1.165) is 28.2 Å². The van der Waals surface area contributed by atoms with Gasteiger partial charge in [-0.25, -0.2) is 14.2 Å². The standard InChI is InChI=1S/C69H100FN9O23/c1-7-47-48-38-56(52(70)40-54(48)76-63-49(47)42-79-55(63)39-51-50(67(79)88)43-102-68(89)69(51,90)8-2)101-19-17-72-58(81)41-73-64(85)46(5)74-66(87)62(45(3)4)77-65(86)53(75-57(80)13-11-18-78-60(83)14-15-61(78)84)12-9-10-16-71-59(82)44-100-37-36-99-35-34-98-33-32-97-31-30-96-29-28-95-27-26-94-25-24-93-23-22-92-21-20-91-6/h14-15,38-40,45-46,53,62,90H,7-13,16-37,41-44H2,1-6H3,(H,71,82)(H,72,81)(H,73,85)(H,74,87)(H,75,80)(H,77,86)/t46-,53-,62-,69-/m0/s1. The van der Waals surface area contributed by atoms with E-state index in [9.17, 15) is 53.1 Å². The molecule has 4 atom stereocenters. The van der Waals surface area contributed by atoms with Gasteiger partial charge in [-0.1, -0.05) is 27.7 Å². The lowest BCUT2D eigenvalue weighted by Crippen LogP contribution is -2.58. The first-order chi connectivity index (χ1) is 49.2. The van der Waals surface area contributed by atoms with Crippen LogP contribution in [0.2, 0.25) is 0 Å². The fourth-order valence-electron chi connectivity index (χ4n) is 11.0. The van der Waals surface area contributed by atoms with Crippen LogP contribution in [0.3, 0.4) is 0 Å². The summed E-state index contributed by atoms with van der Waals surface area (Å²) in [5.41, 5.74) is 0.484. The third-order valence-corrected chi connectivity index (χ3v) is 16.5. The molecule has 6 rings (SSSR count). The number of nitrogens with one attached hydrogen (secondary N) is 6. The molecule has 0 aliphatic carbocycles. The van der Waals surface area contributed by atoms with Crippen LogP contribution in [0.5, 0.6) is 5.75 Å². The topological polar surface area (TPSA) is 395 Å². The normalized spacial score (nSPS) is 15.4. The summed E-state index contributed by atoms with van der Waals surface area (Å²) in [6.45, 7) is 14.7. The molecule has 0 spiro atoms. The van der Waals surface area contributed by atoms with Gasteiger partial charge in [0.15, 0.2) is 17.2 Å². The van der Waals surface area contributed by atoms with Crippen molar-refractivity contribution >= 4 is 64.1 Å². The molecular weight excluding hydrogens is 1340 g/mol. The number of halogens is 1. The van der Waals surface area contributed by atoms with Gasteiger partial charge in [-0.3, -0.25) is 48.1 Å². The number of aryl methyl sites for hydroxylation is 1. The SMILES string of the molecule is CCc1c2c(nc3cc(F)c(OCCNC(=O)CNC(=O)[C@H](C)NC(=O)[C@@H](NC(=O)[C@H](CCCCNC(=O)COCCOCCOCCOCCOCCOCCOCCOCCOCCOC)NC(=O)CCCN4C(=O)C=CC4=O)C(C)C)cc13)-c1cc3c(c(=O)n1C2)COC(=O)[C@]3(O)CC. The molecule has 0 fully saturated rings. The molecule has 0 unspecified atom stereocenters. The minimum Gasteiger partial charge on any atom is -0.489 e. The maximum Gasteiger partial charge on any atom is 0.343 e. The third kappa shape index (κ3) is 26.1. The number of amides is 8. The quantitative estimate of drug-likeness (QED) is 0.0178. The summed E-state index contributed by atoms with van der Waals surface area (Å²) >= 11 is 0. The molecule has 32 nitrogen and oxygen atoms in total. The summed E-state index contributed by atoms with van der Waals surface area (Å²) in [4.78, 5) is 136. The fourth-order valence-corrected chi connectivity index (χ4v) is 11.0. The number of fused-ring (bicyclic) bond motifs is 5. The van der Waals surface area contributed by atoms with E-state index in [0.29, 0.717) is 142 Å². The third-order valence-electron chi connectivity index (χ3n) is 16.5. The molecule has 102 heavy (non-hydrogen) atoms. The summed E-state index contributed by atoms with van der Waals surface area (Å²) < 4.78 is 82.1. The molecule has 3 aliphatic heterocycles. The molecule has 0 saturated carbocycles. The highest BCUT2D eigenvalue weighted by Gasteiger charge is 2.46. The smallest absolute Gasteiger partial charge is 0.343 e. The van der Waals surface area contributed by atoms with Crippen LogP contribution in [0.1, 0.15) is 95.4 Å². The van der Waals surface area contributed by atoms with Crippen molar-refractivity contribution in [3.63, 3.8) is 0 Å². The molecule has 33 heteroatoms. The van der Waals surface area contributed by atoms with Crippen LogP contribution in [0.25, 0.3) is 22.3 Å². The molecule has 2 aromatic heterocycles. The zero-order valence-electron chi connectivity index (χ0n) is 59.2. The molecule has 0 radical (unpaired) electrons. The maximum absolute atomic E-state index is 15.7. The number of carbonyl (C=O) groups excluding carboxylic acids is 9.